The molecule has 0 aliphatic heterocycles. The van der Waals surface area contributed by atoms with Crippen molar-refractivity contribution in [1.29, 1.82) is 0 Å². The molecule has 0 aromatic heterocycles. The van der Waals surface area contributed by atoms with Gasteiger partial charge in [-0.2, -0.15) is 0 Å². The van der Waals surface area contributed by atoms with E-state index in [1.165, 1.54) is 6.92 Å². The SMILES string of the molecule is CC(=O)CC(=O)OC1CC1. The molecule has 3 nitrogen and oxygen atoms in total. The Labute approximate surface area is 59.4 Å². The first-order valence-electron chi connectivity index (χ1n) is 3.37. The van der Waals surface area contributed by atoms with Gasteiger partial charge in [-0.25, -0.2) is 0 Å². The Morgan fingerprint density at radius 2 is 2.10 bits per heavy atom. The van der Waals surface area contributed by atoms with Crippen molar-refractivity contribution in [3.05, 3.63) is 0 Å². The lowest BCUT2D eigenvalue weighted by molar-refractivity contribution is -0.146. The summed E-state index contributed by atoms with van der Waals surface area (Å²) in [5, 5.41) is 0. The summed E-state index contributed by atoms with van der Waals surface area (Å²) < 4.78 is 4.81. The Bertz CT molecular complexity index is 158. The number of carbonyl (C=O) groups excluding carboxylic acids is 2. The van der Waals surface area contributed by atoms with Crippen LogP contribution in [0.5, 0.6) is 0 Å². The lowest BCUT2D eigenvalue weighted by atomic mass is 10.3. The normalized spacial score (nSPS) is 16.5. The van der Waals surface area contributed by atoms with Gasteiger partial charge < -0.3 is 4.74 Å². The Hall–Kier alpha value is -0.860. The van der Waals surface area contributed by atoms with Gasteiger partial charge in [0.15, 0.2) is 0 Å². The maximum atomic E-state index is 10.7. The van der Waals surface area contributed by atoms with Crippen LogP contribution in [0, 0.1) is 0 Å². The molecule has 1 rings (SSSR count). The number of rotatable bonds is 3. The van der Waals surface area contributed by atoms with Gasteiger partial charge in [0.1, 0.15) is 18.3 Å². The highest BCUT2D eigenvalue weighted by atomic mass is 16.5. The molecule has 0 heterocycles. The van der Waals surface area contributed by atoms with Crippen LogP contribution in [0.3, 0.4) is 0 Å². The zero-order valence-corrected chi connectivity index (χ0v) is 5.92. The van der Waals surface area contributed by atoms with Crippen LogP contribution in [0.2, 0.25) is 0 Å². The zero-order chi connectivity index (χ0) is 7.56. The zero-order valence-electron chi connectivity index (χ0n) is 5.92. The van der Waals surface area contributed by atoms with E-state index in [2.05, 4.69) is 0 Å². The summed E-state index contributed by atoms with van der Waals surface area (Å²) in [5.74, 6) is -0.513. The molecule has 3 heteroatoms. The second-order valence-corrected chi connectivity index (χ2v) is 2.57. The minimum atomic E-state index is -0.380. The molecule has 0 unspecified atom stereocenters. The monoisotopic (exact) mass is 142 g/mol. The highest BCUT2D eigenvalue weighted by Crippen LogP contribution is 2.23. The smallest absolute Gasteiger partial charge is 0.313 e. The number of carbonyl (C=O) groups is 2. The van der Waals surface area contributed by atoms with Crippen LogP contribution in [0.15, 0.2) is 0 Å². The van der Waals surface area contributed by atoms with E-state index in [4.69, 9.17) is 4.74 Å². The number of esters is 1. The maximum Gasteiger partial charge on any atom is 0.313 e. The predicted octanol–water partition coefficient (Wildman–Crippen LogP) is 0.671. The molecule has 0 amide bonds. The van der Waals surface area contributed by atoms with E-state index in [0.29, 0.717) is 0 Å². The molecule has 0 saturated heterocycles. The molecule has 0 bridgehead atoms. The second-order valence-electron chi connectivity index (χ2n) is 2.57. The van der Waals surface area contributed by atoms with Gasteiger partial charge >= 0.3 is 5.97 Å². The van der Waals surface area contributed by atoms with E-state index >= 15 is 0 Å². The average molecular weight is 142 g/mol. The van der Waals surface area contributed by atoms with Crippen LogP contribution < -0.4 is 0 Å². The fraction of sp³-hybridized carbons (Fsp3) is 0.714. The van der Waals surface area contributed by atoms with Crippen molar-refractivity contribution >= 4 is 11.8 Å². The summed E-state index contributed by atoms with van der Waals surface area (Å²) in [6.45, 7) is 1.38. The van der Waals surface area contributed by atoms with Gasteiger partial charge in [0, 0.05) is 0 Å². The van der Waals surface area contributed by atoms with E-state index in [9.17, 15) is 9.59 Å². The quantitative estimate of drug-likeness (QED) is 0.429. The van der Waals surface area contributed by atoms with Crippen molar-refractivity contribution < 1.29 is 14.3 Å². The molecule has 0 aromatic carbocycles. The third kappa shape index (κ3) is 2.62. The average Bonchev–Trinajstić information content (AvgIpc) is 2.46. The van der Waals surface area contributed by atoms with Gasteiger partial charge in [-0.15, -0.1) is 0 Å². The Kier molecular flexibility index (Phi) is 2.04. The van der Waals surface area contributed by atoms with Gasteiger partial charge in [-0.1, -0.05) is 0 Å². The Morgan fingerprint density at radius 1 is 1.50 bits per heavy atom. The van der Waals surface area contributed by atoms with Crippen LogP contribution >= 0.6 is 0 Å². The molecule has 0 radical (unpaired) electrons. The van der Waals surface area contributed by atoms with Crippen LogP contribution in [-0.4, -0.2) is 17.9 Å². The van der Waals surface area contributed by atoms with Crippen molar-refractivity contribution in [2.24, 2.45) is 0 Å². The molecule has 1 fully saturated rings. The Morgan fingerprint density at radius 3 is 2.50 bits per heavy atom. The van der Waals surface area contributed by atoms with E-state index in [-0.39, 0.29) is 24.3 Å². The summed E-state index contributed by atoms with van der Waals surface area (Å²) in [6, 6.07) is 0. The molecule has 1 aliphatic carbocycles. The second kappa shape index (κ2) is 2.82. The number of hydrogen-bond acceptors (Lipinski definition) is 3. The first-order chi connectivity index (χ1) is 4.68. The fourth-order valence-electron chi connectivity index (χ4n) is 0.617. The summed E-state index contributed by atoms with van der Waals surface area (Å²) >= 11 is 0. The van der Waals surface area contributed by atoms with Crippen molar-refractivity contribution in [3.8, 4) is 0 Å². The standard InChI is InChI=1S/C7H10O3/c1-5(8)4-7(9)10-6-2-3-6/h6H,2-4H2,1H3. The van der Waals surface area contributed by atoms with Crippen LogP contribution in [0.25, 0.3) is 0 Å². The molecule has 0 aromatic rings. The third-order valence-corrected chi connectivity index (χ3v) is 1.22. The molecular weight excluding hydrogens is 132 g/mol. The van der Waals surface area contributed by atoms with Gasteiger partial charge in [0.05, 0.1) is 0 Å². The molecule has 56 valence electrons. The Balaban J connectivity index is 2.14. The fourth-order valence-corrected chi connectivity index (χ4v) is 0.617. The lowest BCUT2D eigenvalue weighted by Gasteiger charge is -1.98. The van der Waals surface area contributed by atoms with Crippen LogP contribution in [0.1, 0.15) is 26.2 Å². The first kappa shape index (κ1) is 7.25. The maximum absolute atomic E-state index is 10.7. The number of Topliss-reactive ketones (excluding diaryl/α,β-unsaturated/α-hetero) is 1. The highest BCUT2D eigenvalue weighted by molar-refractivity contribution is 5.94. The van der Waals surface area contributed by atoms with Crippen molar-refractivity contribution in [1.82, 2.24) is 0 Å². The predicted molar refractivity (Wildman–Crippen MR) is 34.4 cm³/mol. The summed E-state index contributed by atoms with van der Waals surface area (Å²) in [5.41, 5.74) is 0. The van der Waals surface area contributed by atoms with Crippen molar-refractivity contribution in [2.75, 3.05) is 0 Å². The van der Waals surface area contributed by atoms with E-state index < -0.39 is 0 Å². The number of ketones is 1. The molecule has 0 atom stereocenters. The highest BCUT2D eigenvalue weighted by Gasteiger charge is 2.25. The van der Waals surface area contributed by atoms with Gasteiger partial charge in [0.25, 0.3) is 0 Å². The van der Waals surface area contributed by atoms with Crippen molar-refractivity contribution in [3.63, 3.8) is 0 Å². The van der Waals surface area contributed by atoms with Crippen molar-refractivity contribution in [2.45, 2.75) is 32.3 Å². The van der Waals surface area contributed by atoms with Gasteiger partial charge in [-0.3, -0.25) is 9.59 Å². The summed E-state index contributed by atoms with van der Waals surface area (Å²) in [4.78, 5) is 21.0. The van der Waals surface area contributed by atoms with Gasteiger partial charge in [0.2, 0.25) is 0 Å². The third-order valence-electron chi connectivity index (χ3n) is 1.22. The topological polar surface area (TPSA) is 43.4 Å². The largest absolute Gasteiger partial charge is 0.462 e. The molecule has 0 N–H and O–H groups in total. The van der Waals surface area contributed by atoms with Crippen LogP contribution in [0.4, 0.5) is 0 Å². The molecule has 1 saturated carbocycles. The molecule has 1 aliphatic rings. The minimum Gasteiger partial charge on any atom is -0.462 e. The van der Waals surface area contributed by atoms with E-state index in [0.717, 1.165) is 12.8 Å². The summed E-state index contributed by atoms with van der Waals surface area (Å²) in [6.07, 6.45) is 1.97. The molecular formula is C7H10O3. The lowest BCUT2D eigenvalue weighted by Crippen LogP contribution is -2.09. The van der Waals surface area contributed by atoms with E-state index in [1.54, 1.807) is 0 Å². The van der Waals surface area contributed by atoms with Crippen LogP contribution in [-0.2, 0) is 14.3 Å². The minimum absolute atomic E-state index is 0.0729. The summed E-state index contributed by atoms with van der Waals surface area (Å²) in [7, 11) is 0. The molecule has 0 spiro atoms. The number of hydrogen-bond donors (Lipinski definition) is 0. The van der Waals surface area contributed by atoms with E-state index in [1.807, 2.05) is 0 Å². The number of ether oxygens (including phenoxy) is 1. The van der Waals surface area contributed by atoms with Gasteiger partial charge in [-0.05, 0) is 19.8 Å². The molecule has 10 heavy (non-hydrogen) atoms. The first-order valence-corrected chi connectivity index (χ1v) is 3.37.